The monoisotopic (exact) mass is 926 g/mol. The summed E-state index contributed by atoms with van der Waals surface area (Å²) in [5, 5.41) is 18.6. The molecule has 0 saturated carbocycles. The predicted octanol–water partition coefficient (Wildman–Crippen LogP) is 7.62. The van der Waals surface area contributed by atoms with Crippen LogP contribution in [-0.2, 0) is 32.1 Å². The van der Waals surface area contributed by atoms with Gasteiger partial charge in [0.1, 0.15) is 34.9 Å². The molecule has 20 nitrogen and oxygen atoms in total. The van der Waals surface area contributed by atoms with Crippen LogP contribution < -0.4 is 50.8 Å². The molecule has 67 heavy (non-hydrogen) atoms. The quantitative estimate of drug-likeness (QED) is 0.0289. The molecule has 2 heterocycles. The van der Waals surface area contributed by atoms with Gasteiger partial charge in [0.2, 0.25) is 11.9 Å². The number of methoxy groups -OCH3 is 4. The highest BCUT2D eigenvalue weighted by molar-refractivity contribution is 5.94. The Balaban J connectivity index is 1.47. The van der Waals surface area contributed by atoms with Crippen molar-refractivity contribution < 1.29 is 47.5 Å². The van der Waals surface area contributed by atoms with Crippen LogP contribution in [0.1, 0.15) is 59.6 Å². The molecule has 20 heteroatoms. The minimum Gasteiger partial charge on any atom is -0.493 e. The van der Waals surface area contributed by atoms with Gasteiger partial charge in [0.25, 0.3) is 0 Å². The summed E-state index contributed by atoms with van der Waals surface area (Å²) in [5.41, 5.74) is 2.23. The van der Waals surface area contributed by atoms with E-state index in [1.54, 1.807) is 95.1 Å². The van der Waals surface area contributed by atoms with Gasteiger partial charge in [0.15, 0.2) is 34.6 Å². The third-order valence-corrected chi connectivity index (χ3v) is 9.69. The molecule has 2 unspecified atom stereocenters. The van der Waals surface area contributed by atoms with Crippen LogP contribution in [0, 0.1) is 5.92 Å². The lowest BCUT2D eigenvalue weighted by molar-refractivity contribution is -0.151. The molecule has 0 aliphatic heterocycles. The number of aromatic nitrogens is 4. The number of alkyl carbamates (subject to hydrolysis) is 1. The third-order valence-electron chi connectivity index (χ3n) is 9.69. The van der Waals surface area contributed by atoms with Gasteiger partial charge >= 0.3 is 18.2 Å². The van der Waals surface area contributed by atoms with Crippen LogP contribution in [0.4, 0.5) is 38.8 Å². The summed E-state index contributed by atoms with van der Waals surface area (Å²) in [7, 11) is 6.26. The summed E-state index contributed by atoms with van der Waals surface area (Å²) in [6.45, 7) is 13.1. The van der Waals surface area contributed by atoms with Crippen LogP contribution in [-0.4, -0.2) is 103 Å². The number of anilines is 5. The second-order valence-corrected chi connectivity index (χ2v) is 16.7. The summed E-state index contributed by atoms with van der Waals surface area (Å²) in [4.78, 5) is 58.0. The minimum atomic E-state index is -0.957. The fraction of sp³-hybridized carbons (Fsp3) is 0.426. The second kappa shape index (κ2) is 23.6. The highest BCUT2D eigenvalue weighted by Gasteiger charge is 2.29. The molecule has 0 fully saturated rings. The zero-order chi connectivity index (χ0) is 48.7. The normalized spacial score (nSPS) is 12.5. The van der Waals surface area contributed by atoms with E-state index in [4.69, 9.17) is 53.1 Å². The predicted molar refractivity (Wildman–Crippen MR) is 255 cm³/mol. The van der Waals surface area contributed by atoms with Crippen LogP contribution in [0.5, 0.6) is 23.0 Å². The Kier molecular flexibility index (Phi) is 17.8. The van der Waals surface area contributed by atoms with E-state index < -0.39 is 42.0 Å². The Bertz CT molecular complexity index is 2450. The molecule has 0 radical (unpaired) electrons. The SMILES string of the molecule is COc1ccc(CNc2nc(NCC(C)OC(=O)[C@@H](NC(=O)OC(C)(C)C)C(C)C)nc3c(NCc4ccc(OC)c(OC)c4)nc(NCC(C)OC(=O)Nc4ccccc4)nc23)cc1OC. The first-order valence-electron chi connectivity index (χ1n) is 21.7. The van der Waals surface area contributed by atoms with Crippen molar-refractivity contribution in [2.75, 3.05) is 68.1 Å². The molecule has 2 amide bonds. The van der Waals surface area contributed by atoms with Crippen molar-refractivity contribution in [3.8, 4) is 23.0 Å². The number of carbonyl (C=O) groups is 3. The Hall–Kier alpha value is -7.51. The van der Waals surface area contributed by atoms with Crippen molar-refractivity contribution in [1.29, 1.82) is 0 Å². The van der Waals surface area contributed by atoms with Crippen LogP contribution >= 0.6 is 0 Å². The number of ether oxygens (including phenoxy) is 7. The number of benzene rings is 3. The highest BCUT2D eigenvalue weighted by Crippen LogP contribution is 2.32. The lowest BCUT2D eigenvalue weighted by Gasteiger charge is -2.25. The number of hydrogen-bond acceptors (Lipinski definition) is 18. The maximum Gasteiger partial charge on any atom is 0.411 e. The van der Waals surface area contributed by atoms with E-state index in [1.807, 2.05) is 48.5 Å². The molecule has 0 bridgehead atoms. The van der Waals surface area contributed by atoms with Crippen molar-refractivity contribution in [1.82, 2.24) is 25.3 Å². The number of amides is 2. The highest BCUT2D eigenvalue weighted by atomic mass is 16.6. The van der Waals surface area contributed by atoms with Gasteiger partial charge in [-0.25, -0.2) is 24.4 Å². The summed E-state index contributed by atoms with van der Waals surface area (Å²) >= 11 is 0. The zero-order valence-corrected chi connectivity index (χ0v) is 39.9. The van der Waals surface area contributed by atoms with Gasteiger partial charge in [-0.2, -0.15) is 9.97 Å². The Morgan fingerprint density at radius 1 is 0.582 bits per heavy atom. The molecule has 6 N–H and O–H groups in total. The minimum absolute atomic E-state index is 0.0915. The maximum absolute atomic E-state index is 13.4. The van der Waals surface area contributed by atoms with Crippen LogP contribution in [0.15, 0.2) is 66.7 Å². The van der Waals surface area contributed by atoms with Crippen molar-refractivity contribution in [2.24, 2.45) is 5.92 Å². The van der Waals surface area contributed by atoms with E-state index in [0.29, 0.717) is 51.4 Å². The molecule has 5 rings (SSSR count). The molecule has 2 aromatic heterocycles. The number of fused-ring (bicyclic) bond motifs is 1. The molecule has 0 aliphatic carbocycles. The van der Waals surface area contributed by atoms with Crippen molar-refractivity contribution in [2.45, 2.75) is 85.4 Å². The summed E-state index contributed by atoms with van der Waals surface area (Å²) in [6, 6.07) is 19.1. The van der Waals surface area contributed by atoms with E-state index in [1.165, 1.54) is 0 Å². The molecule has 0 saturated heterocycles. The van der Waals surface area contributed by atoms with Crippen LogP contribution in [0.3, 0.4) is 0 Å². The molecule has 0 spiro atoms. The van der Waals surface area contributed by atoms with Crippen molar-refractivity contribution in [3.63, 3.8) is 0 Å². The lowest BCUT2D eigenvalue weighted by Crippen LogP contribution is -2.48. The summed E-state index contributed by atoms with van der Waals surface area (Å²) < 4.78 is 38.8. The first-order valence-corrected chi connectivity index (χ1v) is 21.7. The smallest absolute Gasteiger partial charge is 0.411 e. The van der Waals surface area contributed by atoms with E-state index >= 15 is 0 Å². The molecular formula is C47H62N10O10. The van der Waals surface area contributed by atoms with Gasteiger partial charge in [-0.05, 0) is 88.1 Å². The van der Waals surface area contributed by atoms with Crippen molar-refractivity contribution in [3.05, 3.63) is 77.9 Å². The van der Waals surface area contributed by atoms with Gasteiger partial charge in [-0.3, -0.25) is 5.32 Å². The second-order valence-electron chi connectivity index (χ2n) is 16.7. The van der Waals surface area contributed by atoms with Crippen molar-refractivity contribution >= 4 is 58.4 Å². The summed E-state index contributed by atoms with van der Waals surface area (Å²) in [5.74, 6) is 2.36. The van der Waals surface area contributed by atoms with E-state index in [-0.39, 0.29) is 44.0 Å². The standard InChI is InChI=1S/C47H62N10O10/c1-27(2)37(55-46(60)67-47(5,6)7)42(58)65-28(3)23-50-43-53-38-39(40(56-43)48-25-30-17-19-33(61-8)35(21-30)63-10)54-44(51-24-29(4)66-45(59)52-32-15-13-12-14-16-32)57-41(38)49-26-31-18-20-34(62-9)36(22-31)64-11/h12-22,27-29,37H,23-26H2,1-11H3,(H,52,59)(H,55,60)(H2,48,50,53,56)(H2,49,51,54,57)/t28?,29?,37-/m0/s1. The molecule has 3 atom stereocenters. The zero-order valence-electron chi connectivity index (χ0n) is 39.9. The Morgan fingerprint density at radius 3 is 1.51 bits per heavy atom. The van der Waals surface area contributed by atoms with E-state index in [0.717, 1.165) is 11.1 Å². The van der Waals surface area contributed by atoms with E-state index in [9.17, 15) is 14.4 Å². The molecule has 0 aliphatic rings. The molecule has 3 aromatic carbocycles. The number of carbonyl (C=O) groups excluding carboxylic acids is 3. The average molecular weight is 927 g/mol. The number of esters is 1. The number of hydrogen-bond donors (Lipinski definition) is 6. The number of nitrogens with zero attached hydrogens (tertiary/aromatic N) is 4. The van der Waals surface area contributed by atoms with Crippen LogP contribution in [0.2, 0.25) is 0 Å². The maximum atomic E-state index is 13.4. The molecule has 360 valence electrons. The van der Waals surface area contributed by atoms with Gasteiger partial charge in [-0.15, -0.1) is 0 Å². The van der Waals surface area contributed by atoms with Gasteiger partial charge in [-0.1, -0.05) is 44.2 Å². The molecule has 5 aromatic rings. The van der Waals surface area contributed by atoms with Gasteiger partial charge < -0.3 is 59.7 Å². The Labute approximate surface area is 390 Å². The average Bonchev–Trinajstić information content (AvgIpc) is 3.29. The topological polar surface area (TPSA) is 240 Å². The number of rotatable bonds is 22. The first-order chi connectivity index (χ1) is 32.0. The Morgan fingerprint density at radius 2 is 1.06 bits per heavy atom. The first kappa shape index (κ1) is 50.5. The lowest BCUT2D eigenvalue weighted by atomic mass is 10.1. The largest absolute Gasteiger partial charge is 0.493 e. The number of para-hydroxylation sites is 1. The van der Waals surface area contributed by atoms with E-state index in [2.05, 4.69) is 31.9 Å². The third kappa shape index (κ3) is 15.0. The summed E-state index contributed by atoms with van der Waals surface area (Å²) in [6.07, 6.45) is -2.64. The van der Waals surface area contributed by atoms with Gasteiger partial charge in [0, 0.05) is 18.8 Å². The number of nitrogens with one attached hydrogen (secondary N) is 6. The fourth-order valence-electron chi connectivity index (χ4n) is 6.38. The molecular weight excluding hydrogens is 865 g/mol. The van der Waals surface area contributed by atoms with Crippen LogP contribution in [0.25, 0.3) is 11.0 Å². The van der Waals surface area contributed by atoms with Gasteiger partial charge in [0.05, 0.1) is 41.5 Å². The fourth-order valence-corrected chi connectivity index (χ4v) is 6.38.